The van der Waals surface area contributed by atoms with Crippen LogP contribution in [0.5, 0.6) is 0 Å². The van der Waals surface area contributed by atoms with Gasteiger partial charge in [-0.15, -0.1) is 0 Å². The summed E-state index contributed by atoms with van der Waals surface area (Å²) in [5, 5.41) is 5.45. The molecule has 0 aromatic carbocycles. The van der Waals surface area contributed by atoms with E-state index < -0.39 is 0 Å². The number of carbonyl (C=O) groups is 1. The predicted octanol–water partition coefficient (Wildman–Crippen LogP) is -0.287. The minimum Gasteiger partial charge on any atom is -0.348 e. The highest BCUT2D eigenvalue weighted by Gasteiger charge is 2.21. The van der Waals surface area contributed by atoms with Crippen molar-refractivity contribution in [1.29, 1.82) is 0 Å². The van der Waals surface area contributed by atoms with Crippen LogP contribution in [-0.2, 0) is 7.05 Å². The average Bonchev–Trinajstić information content (AvgIpc) is 2.61. The molecular weight excluding hydrogens is 220 g/mol. The quantitative estimate of drug-likeness (QED) is 0.661. The lowest BCUT2D eigenvalue weighted by atomic mass is 9.92. The van der Waals surface area contributed by atoms with Gasteiger partial charge in [0.25, 0.3) is 11.5 Å². The van der Waals surface area contributed by atoms with Gasteiger partial charge in [0, 0.05) is 25.2 Å². The first kappa shape index (κ1) is 11.9. The number of aromatic nitrogens is 2. The molecule has 1 aromatic rings. The smallest absolute Gasteiger partial charge is 0.269 e. The molecule has 6 nitrogen and oxygen atoms in total. The van der Waals surface area contributed by atoms with E-state index in [1.807, 2.05) is 0 Å². The molecule has 1 fully saturated rings. The van der Waals surface area contributed by atoms with E-state index in [0.717, 1.165) is 25.7 Å². The average molecular weight is 238 g/mol. The van der Waals surface area contributed by atoms with Crippen molar-refractivity contribution in [2.75, 3.05) is 0 Å². The Morgan fingerprint density at radius 1 is 1.47 bits per heavy atom. The maximum atomic E-state index is 11.9. The van der Waals surface area contributed by atoms with Gasteiger partial charge < -0.3 is 11.1 Å². The predicted molar refractivity (Wildman–Crippen MR) is 63.7 cm³/mol. The van der Waals surface area contributed by atoms with Crippen LogP contribution in [-0.4, -0.2) is 27.8 Å². The van der Waals surface area contributed by atoms with Crippen LogP contribution in [0.15, 0.2) is 10.9 Å². The molecule has 4 N–H and O–H groups in total. The third-order valence-corrected chi connectivity index (χ3v) is 3.25. The van der Waals surface area contributed by atoms with E-state index in [2.05, 4.69) is 10.4 Å². The minimum absolute atomic E-state index is 0.173. The molecule has 1 aliphatic carbocycles. The summed E-state index contributed by atoms with van der Waals surface area (Å²) >= 11 is 0. The summed E-state index contributed by atoms with van der Waals surface area (Å²) in [5.41, 5.74) is 5.91. The van der Waals surface area contributed by atoms with Crippen molar-refractivity contribution in [3.63, 3.8) is 0 Å². The Morgan fingerprint density at radius 2 is 2.12 bits per heavy atom. The summed E-state index contributed by atoms with van der Waals surface area (Å²) in [7, 11) is 1.65. The lowest BCUT2D eigenvalue weighted by Crippen LogP contribution is -2.41. The van der Waals surface area contributed by atoms with Gasteiger partial charge in [0.05, 0.1) is 0 Å². The van der Waals surface area contributed by atoms with Crippen LogP contribution in [0.2, 0.25) is 0 Å². The van der Waals surface area contributed by atoms with E-state index in [1.165, 1.54) is 10.7 Å². The molecule has 1 aliphatic rings. The number of aryl methyl sites for hydroxylation is 1. The Morgan fingerprint density at radius 3 is 2.65 bits per heavy atom. The summed E-state index contributed by atoms with van der Waals surface area (Å²) < 4.78 is 1.44. The Hall–Kier alpha value is -1.56. The number of hydrogen-bond acceptors (Lipinski definition) is 3. The summed E-state index contributed by atoms with van der Waals surface area (Å²) in [5.74, 6) is -0.202. The van der Waals surface area contributed by atoms with E-state index in [4.69, 9.17) is 5.73 Å². The molecule has 1 saturated carbocycles. The van der Waals surface area contributed by atoms with Gasteiger partial charge in [-0.2, -0.15) is 0 Å². The summed E-state index contributed by atoms with van der Waals surface area (Å²) in [6, 6.07) is 1.75. The maximum absolute atomic E-state index is 11.9. The molecule has 17 heavy (non-hydrogen) atoms. The monoisotopic (exact) mass is 238 g/mol. The lowest BCUT2D eigenvalue weighted by Gasteiger charge is -2.26. The van der Waals surface area contributed by atoms with Crippen molar-refractivity contribution in [1.82, 2.24) is 15.1 Å². The largest absolute Gasteiger partial charge is 0.348 e. The second-order valence-electron chi connectivity index (χ2n) is 4.65. The fraction of sp³-hybridized carbons (Fsp3) is 0.636. The fourth-order valence-corrected chi connectivity index (χ4v) is 2.22. The van der Waals surface area contributed by atoms with E-state index in [-0.39, 0.29) is 23.6 Å². The number of nitrogens with zero attached hydrogens (tertiary/aromatic N) is 1. The van der Waals surface area contributed by atoms with E-state index >= 15 is 0 Å². The molecule has 1 aromatic heterocycles. The molecular formula is C11H18N4O2. The molecule has 0 radical (unpaired) electrons. The third-order valence-electron chi connectivity index (χ3n) is 3.25. The SMILES string of the molecule is Cn1[nH]c(=O)cc1C(=O)NC1CCC(N)CC1. The van der Waals surface area contributed by atoms with Crippen LogP contribution in [0.3, 0.4) is 0 Å². The molecule has 0 bridgehead atoms. The highest BCUT2D eigenvalue weighted by molar-refractivity contribution is 5.92. The molecule has 1 heterocycles. The number of rotatable bonds is 2. The van der Waals surface area contributed by atoms with Crippen molar-refractivity contribution in [3.8, 4) is 0 Å². The van der Waals surface area contributed by atoms with Crippen LogP contribution in [0.25, 0.3) is 0 Å². The number of H-pyrrole nitrogens is 1. The molecule has 0 atom stereocenters. The fourth-order valence-electron chi connectivity index (χ4n) is 2.22. The van der Waals surface area contributed by atoms with Gasteiger partial charge in [-0.3, -0.25) is 19.4 Å². The topological polar surface area (TPSA) is 92.9 Å². The molecule has 2 rings (SSSR count). The molecule has 0 unspecified atom stereocenters. The number of aromatic amines is 1. The van der Waals surface area contributed by atoms with Gasteiger partial charge in [-0.05, 0) is 25.7 Å². The van der Waals surface area contributed by atoms with Gasteiger partial charge in [0.2, 0.25) is 0 Å². The Balaban J connectivity index is 1.97. The van der Waals surface area contributed by atoms with Crippen LogP contribution in [0, 0.1) is 0 Å². The molecule has 94 valence electrons. The van der Waals surface area contributed by atoms with Crippen LogP contribution in [0.4, 0.5) is 0 Å². The van der Waals surface area contributed by atoms with E-state index in [0.29, 0.717) is 5.69 Å². The number of carbonyl (C=O) groups excluding carboxylic acids is 1. The first-order valence-electron chi connectivity index (χ1n) is 5.89. The van der Waals surface area contributed by atoms with Gasteiger partial charge >= 0.3 is 0 Å². The Kier molecular flexibility index (Phi) is 3.33. The Labute approximate surface area is 99.2 Å². The summed E-state index contributed by atoms with van der Waals surface area (Å²) in [6.07, 6.45) is 3.70. The standard InChI is InChI=1S/C11H18N4O2/c1-15-9(6-10(16)14-15)11(17)13-8-4-2-7(12)3-5-8/h6-8H,2-5,12H2,1H3,(H,13,17)(H,14,16). The number of nitrogens with two attached hydrogens (primary N) is 1. The normalized spacial score (nSPS) is 24.6. The van der Waals surface area contributed by atoms with Crippen LogP contribution in [0.1, 0.15) is 36.2 Å². The van der Waals surface area contributed by atoms with Crippen molar-refractivity contribution in [2.24, 2.45) is 12.8 Å². The zero-order valence-electron chi connectivity index (χ0n) is 9.90. The van der Waals surface area contributed by atoms with Gasteiger partial charge in [0.15, 0.2) is 0 Å². The molecule has 6 heteroatoms. The zero-order chi connectivity index (χ0) is 12.4. The number of nitrogens with one attached hydrogen (secondary N) is 2. The second kappa shape index (κ2) is 4.75. The molecule has 0 aliphatic heterocycles. The van der Waals surface area contributed by atoms with Crippen molar-refractivity contribution in [3.05, 3.63) is 22.1 Å². The van der Waals surface area contributed by atoms with Gasteiger partial charge in [0.1, 0.15) is 5.69 Å². The summed E-state index contributed by atoms with van der Waals surface area (Å²) in [6.45, 7) is 0. The first-order valence-corrected chi connectivity index (χ1v) is 5.89. The molecule has 1 amide bonds. The number of amides is 1. The Bertz CT molecular complexity index is 454. The lowest BCUT2D eigenvalue weighted by molar-refractivity contribution is 0.0916. The number of hydrogen-bond donors (Lipinski definition) is 3. The van der Waals surface area contributed by atoms with E-state index in [9.17, 15) is 9.59 Å². The van der Waals surface area contributed by atoms with Gasteiger partial charge in [-0.1, -0.05) is 0 Å². The third kappa shape index (κ3) is 2.76. The van der Waals surface area contributed by atoms with Crippen molar-refractivity contribution < 1.29 is 4.79 Å². The summed E-state index contributed by atoms with van der Waals surface area (Å²) in [4.78, 5) is 23.0. The van der Waals surface area contributed by atoms with E-state index in [1.54, 1.807) is 7.05 Å². The zero-order valence-corrected chi connectivity index (χ0v) is 9.90. The minimum atomic E-state index is -0.261. The molecule has 0 saturated heterocycles. The van der Waals surface area contributed by atoms with Crippen molar-refractivity contribution in [2.45, 2.75) is 37.8 Å². The van der Waals surface area contributed by atoms with Crippen LogP contribution >= 0.6 is 0 Å². The van der Waals surface area contributed by atoms with Crippen LogP contribution < -0.4 is 16.6 Å². The van der Waals surface area contributed by atoms with Gasteiger partial charge in [-0.25, -0.2) is 0 Å². The highest BCUT2D eigenvalue weighted by Crippen LogP contribution is 2.17. The second-order valence-corrected chi connectivity index (χ2v) is 4.65. The maximum Gasteiger partial charge on any atom is 0.269 e. The molecule has 0 spiro atoms. The first-order chi connectivity index (χ1) is 8.06. The highest BCUT2D eigenvalue weighted by atomic mass is 16.2. The van der Waals surface area contributed by atoms with Crippen molar-refractivity contribution >= 4 is 5.91 Å².